The second-order valence-corrected chi connectivity index (χ2v) is 8.31. The zero-order valence-corrected chi connectivity index (χ0v) is 13.8. The molecule has 6 heteroatoms. The van der Waals surface area contributed by atoms with E-state index in [9.17, 15) is 8.42 Å². The summed E-state index contributed by atoms with van der Waals surface area (Å²) in [6.45, 7) is 1.74. The van der Waals surface area contributed by atoms with Crippen molar-refractivity contribution in [3.05, 3.63) is 52.4 Å². The van der Waals surface area contributed by atoms with Crippen molar-refractivity contribution < 1.29 is 8.42 Å². The molecule has 1 atom stereocenters. The number of hydrogen-bond acceptors (Lipinski definition) is 3. The molecule has 1 aliphatic carbocycles. The van der Waals surface area contributed by atoms with Crippen LogP contribution >= 0.6 is 22.6 Å². The van der Waals surface area contributed by atoms with Crippen molar-refractivity contribution in [2.45, 2.75) is 18.1 Å². The summed E-state index contributed by atoms with van der Waals surface area (Å²) in [6.07, 6.45) is 9.36. The summed E-state index contributed by atoms with van der Waals surface area (Å²) in [7, 11) is -3.57. The SMILES string of the molecule is CC1(S(=O)(=O)n2c(I)cc3cccnc32)C=CC=CC1. The highest BCUT2D eigenvalue weighted by molar-refractivity contribution is 14.1. The van der Waals surface area contributed by atoms with Crippen molar-refractivity contribution in [1.82, 2.24) is 8.96 Å². The van der Waals surface area contributed by atoms with E-state index in [2.05, 4.69) is 4.98 Å². The molecule has 0 N–H and O–H groups in total. The Bertz CT molecular complexity index is 836. The fourth-order valence-electron chi connectivity index (χ4n) is 2.32. The van der Waals surface area contributed by atoms with E-state index in [1.165, 1.54) is 3.97 Å². The van der Waals surface area contributed by atoms with Gasteiger partial charge in [0.2, 0.25) is 0 Å². The molecule has 0 spiro atoms. The minimum absolute atomic E-state index is 0.467. The molecule has 2 heterocycles. The highest BCUT2D eigenvalue weighted by Crippen LogP contribution is 2.32. The van der Waals surface area contributed by atoms with Crippen molar-refractivity contribution in [3.63, 3.8) is 0 Å². The number of allylic oxidation sites excluding steroid dienone is 3. The van der Waals surface area contributed by atoms with Gasteiger partial charge in [0, 0.05) is 11.6 Å². The summed E-state index contributed by atoms with van der Waals surface area (Å²) in [6, 6.07) is 5.52. The maximum atomic E-state index is 13.0. The Morgan fingerprint density at radius 2 is 2.20 bits per heavy atom. The van der Waals surface area contributed by atoms with Crippen molar-refractivity contribution in [2.75, 3.05) is 0 Å². The first-order valence-electron chi connectivity index (χ1n) is 6.17. The van der Waals surface area contributed by atoms with Gasteiger partial charge in [-0.2, -0.15) is 0 Å². The van der Waals surface area contributed by atoms with E-state index in [-0.39, 0.29) is 0 Å². The average Bonchev–Trinajstić information content (AvgIpc) is 2.75. The molecule has 1 aliphatic rings. The van der Waals surface area contributed by atoms with E-state index in [0.717, 1.165) is 5.39 Å². The molecular formula is C14H13IN2O2S. The molecule has 3 rings (SSSR count). The standard InChI is InChI=1S/C14H13IN2O2S/c1-14(7-3-2-4-8-14)20(18,19)17-12(15)10-11-6-5-9-16-13(11)17/h2-7,9-10H,8H2,1H3. The molecule has 2 aromatic heterocycles. The average molecular weight is 400 g/mol. The van der Waals surface area contributed by atoms with Crippen LogP contribution in [0, 0.1) is 3.70 Å². The van der Waals surface area contributed by atoms with Gasteiger partial charge in [-0.3, -0.25) is 0 Å². The maximum Gasteiger partial charge on any atom is 0.250 e. The van der Waals surface area contributed by atoms with E-state index in [0.29, 0.717) is 15.8 Å². The predicted molar refractivity (Wildman–Crippen MR) is 88.1 cm³/mol. The molecule has 0 aliphatic heterocycles. The molecule has 1 unspecified atom stereocenters. The third-order valence-corrected chi connectivity index (χ3v) is 6.98. The molecule has 20 heavy (non-hydrogen) atoms. The van der Waals surface area contributed by atoms with Crippen molar-refractivity contribution >= 4 is 43.6 Å². The van der Waals surface area contributed by atoms with Crippen LogP contribution in [0.2, 0.25) is 0 Å². The summed E-state index contributed by atoms with van der Waals surface area (Å²) in [4.78, 5) is 4.23. The maximum absolute atomic E-state index is 13.0. The Morgan fingerprint density at radius 1 is 1.40 bits per heavy atom. The zero-order valence-electron chi connectivity index (χ0n) is 10.8. The molecule has 2 aromatic rings. The number of hydrogen-bond donors (Lipinski definition) is 0. The lowest BCUT2D eigenvalue weighted by atomic mass is 10.0. The first-order valence-corrected chi connectivity index (χ1v) is 8.69. The third-order valence-electron chi connectivity index (χ3n) is 3.53. The number of pyridine rings is 1. The van der Waals surface area contributed by atoms with Crippen LogP contribution in [0.15, 0.2) is 48.7 Å². The number of rotatable bonds is 2. The summed E-state index contributed by atoms with van der Waals surface area (Å²) < 4.78 is 27.1. The topological polar surface area (TPSA) is 52.0 Å². The summed E-state index contributed by atoms with van der Waals surface area (Å²) >= 11 is 2.04. The van der Waals surface area contributed by atoms with Crippen LogP contribution in [0.25, 0.3) is 11.0 Å². The Hall–Kier alpha value is -1.15. The Morgan fingerprint density at radius 3 is 2.90 bits per heavy atom. The van der Waals surface area contributed by atoms with Crippen LogP contribution in [0.4, 0.5) is 0 Å². The zero-order chi connectivity index (χ0) is 14.4. The number of nitrogens with zero attached hydrogens (tertiary/aromatic N) is 2. The normalized spacial score (nSPS) is 22.5. The van der Waals surface area contributed by atoms with Crippen LogP contribution in [0.1, 0.15) is 13.3 Å². The molecule has 0 fully saturated rings. The van der Waals surface area contributed by atoms with Gasteiger partial charge in [0.15, 0.2) is 5.65 Å². The minimum atomic E-state index is -3.57. The van der Waals surface area contributed by atoms with Gasteiger partial charge in [0.05, 0.1) is 3.70 Å². The third kappa shape index (κ3) is 1.93. The van der Waals surface area contributed by atoms with Crippen LogP contribution < -0.4 is 0 Å². The minimum Gasteiger partial charge on any atom is -0.237 e. The Kier molecular flexibility index (Phi) is 3.24. The number of halogens is 1. The summed E-state index contributed by atoms with van der Waals surface area (Å²) in [5, 5.41) is 0.833. The summed E-state index contributed by atoms with van der Waals surface area (Å²) in [5.74, 6) is 0. The molecule has 0 aromatic carbocycles. The van der Waals surface area contributed by atoms with Gasteiger partial charge in [0.1, 0.15) is 4.75 Å². The predicted octanol–water partition coefficient (Wildman–Crippen LogP) is 3.09. The van der Waals surface area contributed by atoms with E-state index < -0.39 is 14.8 Å². The molecule has 4 nitrogen and oxygen atoms in total. The molecule has 0 saturated carbocycles. The lowest BCUT2D eigenvalue weighted by Gasteiger charge is -2.27. The first kappa shape index (κ1) is 13.8. The second-order valence-electron chi connectivity index (χ2n) is 4.96. The van der Waals surface area contributed by atoms with Crippen molar-refractivity contribution in [2.24, 2.45) is 0 Å². The van der Waals surface area contributed by atoms with E-state index in [1.54, 1.807) is 31.3 Å². The van der Waals surface area contributed by atoms with E-state index >= 15 is 0 Å². The van der Waals surface area contributed by atoms with Gasteiger partial charge in [-0.25, -0.2) is 17.4 Å². The fraction of sp³-hybridized carbons (Fsp3) is 0.214. The lowest BCUT2D eigenvalue weighted by Crippen LogP contribution is -2.38. The lowest BCUT2D eigenvalue weighted by molar-refractivity contribution is 0.553. The smallest absolute Gasteiger partial charge is 0.237 e. The Labute approximate surface area is 131 Å². The second kappa shape index (κ2) is 4.70. The van der Waals surface area contributed by atoms with Crippen molar-refractivity contribution in [1.29, 1.82) is 0 Å². The van der Waals surface area contributed by atoms with Gasteiger partial charge in [0.25, 0.3) is 10.0 Å². The van der Waals surface area contributed by atoms with Gasteiger partial charge >= 0.3 is 0 Å². The van der Waals surface area contributed by atoms with Crippen LogP contribution in [0.5, 0.6) is 0 Å². The molecule has 0 bridgehead atoms. The molecule has 0 amide bonds. The quantitative estimate of drug-likeness (QED) is 0.729. The summed E-state index contributed by atoms with van der Waals surface area (Å²) in [5.41, 5.74) is 0.487. The van der Waals surface area contributed by atoms with Gasteiger partial charge in [-0.05, 0) is 54.1 Å². The molecule has 0 radical (unpaired) electrons. The fourth-order valence-corrected chi connectivity index (χ4v) is 5.29. The molecular weight excluding hydrogens is 387 g/mol. The van der Waals surface area contributed by atoms with E-state index in [1.807, 2.05) is 46.9 Å². The van der Waals surface area contributed by atoms with Gasteiger partial charge < -0.3 is 0 Å². The highest BCUT2D eigenvalue weighted by Gasteiger charge is 2.39. The van der Waals surface area contributed by atoms with Crippen LogP contribution in [-0.4, -0.2) is 22.1 Å². The van der Waals surface area contributed by atoms with Crippen LogP contribution in [-0.2, 0) is 10.0 Å². The largest absolute Gasteiger partial charge is 0.250 e. The highest BCUT2D eigenvalue weighted by atomic mass is 127. The van der Waals surface area contributed by atoms with Gasteiger partial charge in [-0.15, -0.1) is 0 Å². The monoisotopic (exact) mass is 400 g/mol. The number of aromatic nitrogens is 2. The number of fused-ring (bicyclic) bond motifs is 1. The van der Waals surface area contributed by atoms with Crippen LogP contribution in [0.3, 0.4) is 0 Å². The first-order chi connectivity index (χ1) is 9.46. The molecule has 104 valence electrons. The Balaban J connectivity index is 2.27. The van der Waals surface area contributed by atoms with Crippen molar-refractivity contribution in [3.8, 4) is 0 Å². The van der Waals surface area contributed by atoms with E-state index in [4.69, 9.17) is 0 Å². The van der Waals surface area contributed by atoms with Gasteiger partial charge in [-0.1, -0.05) is 24.3 Å². The molecule has 0 saturated heterocycles.